The lowest BCUT2D eigenvalue weighted by Gasteiger charge is -2.10. The average molecular weight is 306 g/mol. The predicted molar refractivity (Wildman–Crippen MR) is 82.5 cm³/mol. The number of nitrogens with two attached hydrogens (primary N) is 2. The number of hydrogen-bond donors (Lipinski definition) is 3. The minimum absolute atomic E-state index is 0.0349. The van der Waals surface area contributed by atoms with Crippen molar-refractivity contribution in [3.05, 3.63) is 35.5 Å². The fourth-order valence-corrected chi connectivity index (χ4v) is 1.96. The molecule has 0 aliphatic carbocycles. The molecule has 0 aliphatic heterocycles. The molecule has 5 N–H and O–H groups in total. The van der Waals surface area contributed by atoms with E-state index in [4.69, 9.17) is 16.2 Å². The molecule has 2 aromatic rings. The summed E-state index contributed by atoms with van der Waals surface area (Å²) in [4.78, 5) is 7.80. The van der Waals surface area contributed by atoms with E-state index in [9.17, 15) is 9.50 Å². The maximum absolute atomic E-state index is 12.0. The molecule has 0 fully saturated rings. The number of rotatable bonds is 7. The summed E-state index contributed by atoms with van der Waals surface area (Å²) in [5.41, 5.74) is 12.8. The van der Waals surface area contributed by atoms with Gasteiger partial charge in [-0.05, 0) is 30.5 Å². The molecule has 0 aliphatic rings. The molecular formula is C15H19FN4O2. The van der Waals surface area contributed by atoms with Gasteiger partial charge in [-0.25, -0.2) is 4.98 Å². The minimum atomic E-state index is -0.362. The number of anilines is 2. The standard InChI is InChI=1S/C15H19FN4O2/c16-5-1-2-6-22-13-4-3-10(8-12(13)21)7-11-9-19-15(18)20-14(11)17/h3-4,8-9,21H,1-2,5-7H2,(H4,17,18,19,20). The lowest BCUT2D eigenvalue weighted by molar-refractivity contribution is 0.283. The van der Waals surface area contributed by atoms with Crippen molar-refractivity contribution < 1.29 is 14.2 Å². The highest BCUT2D eigenvalue weighted by atomic mass is 19.1. The Morgan fingerprint density at radius 1 is 1.23 bits per heavy atom. The molecule has 0 bridgehead atoms. The van der Waals surface area contributed by atoms with E-state index in [0.717, 1.165) is 11.1 Å². The van der Waals surface area contributed by atoms with Gasteiger partial charge < -0.3 is 21.3 Å². The number of phenols is 1. The first-order chi connectivity index (χ1) is 10.6. The average Bonchev–Trinajstić information content (AvgIpc) is 2.48. The van der Waals surface area contributed by atoms with Crippen molar-refractivity contribution in [3.8, 4) is 11.5 Å². The zero-order chi connectivity index (χ0) is 15.9. The molecular weight excluding hydrogens is 287 g/mol. The van der Waals surface area contributed by atoms with Gasteiger partial charge >= 0.3 is 0 Å². The molecule has 1 heterocycles. The number of halogens is 1. The van der Waals surface area contributed by atoms with Gasteiger partial charge in [0.15, 0.2) is 11.5 Å². The van der Waals surface area contributed by atoms with Crippen LogP contribution in [0.3, 0.4) is 0 Å². The van der Waals surface area contributed by atoms with Crippen LogP contribution in [0.5, 0.6) is 11.5 Å². The van der Waals surface area contributed by atoms with E-state index in [1.54, 1.807) is 18.3 Å². The molecule has 7 heteroatoms. The van der Waals surface area contributed by atoms with Gasteiger partial charge in [-0.1, -0.05) is 6.07 Å². The van der Waals surface area contributed by atoms with E-state index in [0.29, 0.717) is 37.4 Å². The molecule has 0 atom stereocenters. The summed E-state index contributed by atoms with van der Waals surface area (Å²) in [6.07, 6.45) is 3.10. The van der Waals surface area contributed by atoms with Gasteiger partial charge in [0.05, 0.1) is 13.3 Å². The van der Waals surface area contributed by atoms with Crippen molar-refractivity contribution in [2.45, 2.75) is 19.3 Å². The number of ether oxygens (including phenoxy) is 1. The van der Waals surface area contributed by atoms with Crippen LogP contribution in [-0.4, -0.2) is 28.4 Å². The Morgan fingerprint density at radius 3 is 2.73 bits per heavy atom. The zero-order valence-corrected chi connectivity index (χ0v) is 12.1. The van der Waals surface area contributed by atoms with E-state index >= 15 is 0 Å². The van der Waals surface area contributed by atoms with Crippen molar-refractivity contribution >= 4 is 11.8 Å². The summed E-state index contributed by atoms with van der Waals surface area (Å²) >= 11 is 0. The Kier molecular flexibility index (Phi) is 5.35. The Balaban J connectivity index is 2.02. The molecule has 0 spiro atoms. The van der Waals surface area contributed by atoms with Gasteiger partial charge in [0.2, 0.25) is 5.95 Å². The van der Waals surface area contributed by atoms with E-state index in [1.165, 1.54) is 0 Å². The minimum Gasteiger partial charge on any atom is -0.504 e. The van der Waals surface area contributed by atoms with E-state index in [2.05, 4.69) is 9.97 Å². The van der Waals surface area contributed by atoms with Crippen LogP contribution in [0.1, 0.15) is 24.0 Å². The summed E-state index contributed by atoms with van der Waals surface area (Å²) in [5, 5.41) is 9.96. The topological polar surface area (TPSA) is 107 Å². The van der Waals surface area contributed by atoms with Gasteiger partial charge in [0, 0.05) is 18.2 Å². The quantitative estimate of drug-likeness (QED) is 0.676. The molecule has 0 saturated carbocycles. The van der Waals surface area contributed by atoms with Crippen LogP contribution >= 0.6 is 0 Å². The molecule has 0 unspecified atom stereocenters. The summed E-state index contributed by atoms with van der Waals surface area (Å²) in [6.45, 7) is 0.00887. The van der Waals surface area contributed by atoms with Crippen molar-refractivity contribution in [2.24, 2.45) is 0 Å². The van der Waals surface area contributed by atoms with Crippen molar-refractivity contribution in [1.82, 2.24) is 9.97 Å². The number of nitrogen functional groups attached to an aromatic ring is 2. The third-order valence-corrected chi connectivity index (χ3v) is 3.12. The second kappa shape index (κ2) is 7.44. The highest BCUT2D eigenvalue weighted by Gasteiger charge is 2.08. The molecule has 1 aromatic heterocycles. The first-order valence-electron chi connectivity index (χ1n) is 6.97. The normalized spacial score (nSPS) is 10.6. The summed E-state index contributed by atoms with van der Waals surface area (Å²) in [5.74, 6) is 0.858. The molecule has 0 amide bonds. The van der Waals surface area contributed by atoms with Gasteiger partial charge in [0.1, 0.15) is 5.82 Å². The van der Waals surface area contributed by atoms with Gasteiger partial charge in [0.25, 0.3) is 0 Å². The van der Waals surface area contributed by atoms with Crippen LogP contribution in [-0.2, 0) is 6.42 Å². The second-order valence-electron chi connectivity index (χ2n) is 4.86. The van der Waals surface area contributed by atoms with Crippen molar-refractivity contribution in [3.63, 3.8) is 0 Å². The highest BCUT2D eigenvalue weighted by molar-refractivity contribution is 5.47. The van der Waals surface area contributed by atoms with Crippen LogP contribution in [0.4, 0.5) is 16.2 Å². The molecule has 0 radical (unpaired) electrons. The molecule has 118 valence electrons. The second-order valence-corrected chi connectivity index (χ2v) is 4.86. The number of unbranched alkanes of at least 4 members (excludes halogenated alkanes) is 1. The lowest BCUT2D eigenvalue weighted by Crippen LogP contribution is -2.04. The third kappa shape index (κ3) is 4.21. The van der Waals surface area contributed by atoms with Gasteiger partial charge in [-0.15, -0.1) is 0 Å². The summed E-state index contributed by atoms with van der Waals surface area (Å²) < 4.78 is 17.4. The van der Waals surface area contributed by atoms with Gasteiger partial charge in [-0.3, -0.25) is 4.39 Å². The number of nitrogens with zero attached hydrogens (tertiary/aromatic N) is 2. The third-order valence-electron chi connectivity index (χ3n) is 3.12. The Hall–Kier alpha value is -2.57. The number of hydrogen-bond acceptors (Lipinski definition) is 6. The van der Waals surface area contributed by atoms with E-state index < -0.39 is 0 Å². The summed E-state index contributed by atoms with van der Waals surface area (Å²) in [7, 11) is 0. The largest absolute Gasteiger partial charge is 0.504 e. The smallest absolute Gasteiger partial charge is 0.221 e. The molecule has 0 saturated heterocycles. The number of phenolic OH excluding ortho intramolecular Hbond substituents is 1. The monoisotopic (exact) mass is 306 g/mol. The van der Waals surface area contributed by atoms with Crippen molar-refractivity contribution in [2.75, 3.05) is 24.7 Å². The SMILES string of the molecule is Nc1ncc(Cc2ccc(OCCCCF)c(O)c2)c(N)n1. The first-order valence-corrected chi connectivity index (χ1v) is 6.97. The lowest BCUT2D eigenvalue weighted by atomic mass is 10.1. The maximum Gasteiger partial charge on any atom is 0.221 e. The number of benzene rings is 1. The number of aromatic hydroxyl groups is 1. The zero-order valence-electron chi connectivity index (χ0n) is 12.1. The Bertz CT molecular complexity index is 637. The maximum atomic E-state index is 12.0. The van der Waals surface area contributed by atoms with Crippen LogP contribution < -0.4 is 16.2 Å². The molecule has 2 rings (SSSR count). The Labute approximate surface area is 128 Å². The number of aromatic nitrogens is 2. The van der Waals surface area contributed by atoms with Crippen LogP contribution in [0, 0.1) is 0 Å². The fourth-order valence-electron chi connectivity index (χ4n) is 1.96. The Morgan fingerprint density at radius 2 is 2.05 bits per heavy atom. The van der Waals surface area contributed by atoms with E-state index in [-0.39, 0.29) is 18.4 Å². The highest BCUT2D eigenvalue weighted by Crippen LogP contribution is 2.28. The number of alkyl halides is 1. The predicted octanol–water partition coefficient (Wildman–Crippen LogP) is 2.07. The molecule has 22 heavy (non-hydrogen) atoms. The van der Waals surface area contributed by atoms with Crippen molar-refractivity contribution in [1.29, 1.82) is 0 Å². The van der Waals surface area contributed by atoms with Crippen LogP contribution in [0.2, 0.25) is 0 Å². The van der Waals surface area contributed by atoms with Gasteiger partial charge in [-0.2, -0.15) is 4.98 Å². The van der Waals surface area contributed by atoms with E-state index in [1.807, 2.05) is 6.07 Å². The molecule has 1 aromatic carbocycles. The van der Waals surface area contributed by atoms with Crippen LogP contribution in [0.15, 0.2) is 24.4 Å². The molecule has 6 nitrogen and oxygen atoms in total. The fraction of sp³-hybridized carbons (Fsp3) is 0.333. The van der Waals surface area contributed by atoms with Crippen LogP contribution in [0.25, 0.3) is 0 Å². The first kappa shape index (κ1) is 15.8. The summed E-state index contributed by atoms with van der Waals surface area (Å²) in [6, 6.07) is 5.09.